The lowest BCUT2D eigenvalue weighted by atomic mass is 9.96. The molecule has 0 aromatic heterocycles. The maximum absolute atomic E-state index is 13.3. The lowest BCUT2D eigenvalue weighted by molar-refractivity contribution is -0.116. The molecule has 38 heavy (non-hydrogen) atoms. The molecule has 6 heteroatoms. The molecule has 0 radical (unpaired) electrons. The van der Waals surface area contributed by atoms with E-state index < -0.39 is 0 Å². The third kappa shape index (κ3) is 7.59. The van der Waals surface area contributed by atoms with Gasteiger partial charge in [-0.05, 0) is 98.7 Å². The Hall–Kier alpha value is -2.86. The molecule has 0 fully saturated rings. The molecule has 2 amide bonds. The van der Waals surface area contributed by atoms with E-state index in [1.54, 1.807) is 14.0 Å². The van der Waals surface area contributed by atoms with Crippen LogP contribution in [0.3, 0.4) is 0 Å². The molecule has 0 unspecified atom stereocenters. The van der Waals surface area contributed by atoms with Crippen LogP contribution in [0.25, 0.3) is 0 Å². The number of nitrogens with one attached hydrogen (secondary N) is 1. The number of methoxy groups -OCH3 is 1. The van der Waals surface area contributed by atoms with Gasteiger partial charge in [0.2, 0.25) is 5.91 Å². The summed E-state index contributed by atoms with van der Waals surface area (Å²) in [6.07, 6.45) is 5.71. The van der Waals surface area contributed by atoms with Crippen molar-refractivity contribution in [1.29, 1.82) is 0 Å². The summed E-state index contributed by atoms with van der Waals surface area (Å²) in [6.45, 7) is 15.3. The molecule has 0 bridgehead atoms. The van der Waals surface area contributed by atoms with Crippen molar-refractivity contribution in [2.45, 2.75) is 98.7 Å². The predicted octanol–water partition coefficient (Wildman–Crippen LogP) is 6.58. The van der Waals surface area contributed by atoms with Crippen molar-refractivity contribution in [3.05, 3.63) is 58.1 Å². The summed E-state index contributed by atoms with van der Waals surface area (Å²) in [4.78, 5) is 30.3. The topological polar surface area (TPSA) is 61.9 Å². The molecule has 0 aliphatic carbocycles. The maximum Gasteiger partial charge on any atom is 0.251 e. The van der Waals surface area contributed by atoms with Gasteiger partial charge in [0, 0.05) is 43.9 Å². The Labute approximate surface area is 229 Å². The number of nitrogens with zero attached hydrogens (tertiary/aromatic N) is 2. The molecule has 0 atom stereocenters. The molecule has 0 spiro atoms. The largest absolute Gasteiger partial charge is 0.496 e. The second kappa shape index (κ2) is 13.8. The highest BCUT2D eigenvalue weighted by atomic mass is 16.5. The first-order chi connectivity index (χ1) is 18.1. The van der Waals surface area contributed by atoms with Gasteiger partial charge in [-0.1, -0.05) is 33.1 Å². The zero-order valence-electron chi connectivity index (χ0n) is 24.5. The summed E-state index contributed by atoms with van der Waals surface area (Å²) in [5, 5.41) is 3.13. The lowest BCUT2D eigenvalue weighted by Gasteiger charge is -2.31. The second-order valence-electron chi connectivity index (χ2n) is 11.2. The maximum atomic E-state index is 13.3. The minimum Gasteiger partial charge on any atom is -0.496 e. The van der Waals surface area contributed by atoms with E-state index in [-0.39, 0.29) is 11.8 Å². The summed E-state index contributed by atoms with van der Waals surface area (Å²) in [7, 11) is 1.70. The molecule has 0 saturated carbocycles. The number of rotatable bonds is 6. The number of carbonyl (C=O) groups is 2. The number of carbonyl (C=O) groups excluding carboxylic acids is 2. The van der Waals surface area contributed by atoms with Crippen LogP contribution in [0.1, 0.15) is 105 Å². The summed E-state index contributed by atoms with van der Waals surface area (Å²) in [5.41, 5.74) is 5.90. The highest BCUT2D eigenvalue weighted by molar-refractivity contribution is 5.97. The summed E-state index contributed by atoms with van der Waals surface area (Å²) < 4.78 is 5.57. The van der Waals surface area contributed by atoms with Crippen LogP contribution >= 0.6 is 0 Å². The number of hydrogen-bond acceptors (Lipinski definition) is 4. The highest BCUT2D eigenvalue weighted by Gasteiger charge is 2.21. The molecular weight excluding hydrogens is 474 g/mol. The Morgan fingerprint density at radius 1 is 0.974 bits per heavy atom. The van der Waals surface area contributed by atoms with Crippen LogP contribution < -0.4 is 15.0 Å². The van der Waals surface area contributed by atoms with Gasteiger partial charge in [-0.3, -0.25) is 14.5 Å². The first-order valence-electron chi connectivity index (χ1n) is 14.2. The van der Waals surface area contributed by atoms with Crippen LogP contribution in [0.2, 0.25) is 0 Å². The minimum absolute atomic E-state index is 0.0487. The number of hydrogen-bond donors (Lipinski definition) is 1. The molecule has 0 saturated heterocycles. The molecule has 6 nitrogen and oxygen atoms in total. The number of fused-ring (bicyclic) bond motifs is 1. The van der Waals surface area contributed by atoms with Gasteiger partial charge in [-0.25, -0.2) is 0 Å². The fraction of sp³-hybridized carbons (Fsp3) is 0.562. The number of amides is 2. The van der Waals surface area contributed by atoms with Gasteiger partial charge in [0.25, 0.3) is 5.91 Å². The SMILES string of the molecule is COc1cc(C)c(CNC(=O)c2ccc3c(c2)CN(C(C)C)CCCCCCCN3C(C)=O)cc1C(C)C. The van der Waals surface area contributed by atoms with Crippen LogP contribution in [0.4, 0.5) is 5.69 Å². The summed E-state index contributed by atoms with van der Waals surface area (Å²) in [5.74, 6) is 1.15. The van der Waals surface area contributed by atoms with Gasteiger partial charge in [0.15, 0.2) is 0 Å². The highest BCUT2D eigenvalue weighted by Crippen LogP contribution is 2.30. The second-order valence-corrected chi connectivity index (χ2v) is 11.2. The monoisotopic (exact) mass is 521 g/mol. The fourth-order valence-corrected chi connectivity index (χ4v) is 5.26. The van der Waals surface area contributed by atoms with Crippen molar-refractivity contribution >= 4 is 17.5 Å². The molecule has 1 N–H and O–H groups in total. The van der Waals surface area contributed by atoms with E-state index in [2.05, 4.69) is 50.0 Å². The Balaban J connectivity index is 1.89. The van der Waals surface area contributed by atoms with E-state index in [0.29, 0.717) is 37.2 Å². The van der Waals surface area contributed by atoms with Crippen LogP contribution in [0.5, 0.6) is 5.75 Å². The quantitative estimate of drug-likeness (QED) is 0.466. The van der Waals surface area contributed by atoms with E-state index in [4.69, 9.17) is 4.74 Å². The Morgan fingerprint density at radius 3 is 2.29 bits per heavy atom. The number of aryl methyl sites for hydroxylation is 1. The molecule has 1 aliphatic heterocycles. The molecule has 2 aromatic rings. The van der Waals surface area contributed by atoms with Crippen LogP contribution in [-0.2, 0) is 17.9 Å². The zero-order valence-corrected chi connectivity index (χ0v) is 24.5. The Morgan fingerprint density at radius 2 is 1.66 bits per heavy atom. The predicted molar refractivity (Wildman–Crippen MR) is 156 cm³/mol. The molecule has 1 heterocycles. The smallest absolute Gasteiger partial charge is 0.251 e. The van der Waals surface area contributed by atoms with E-state index in [1.807, 2.05) is 30.0 Å². The van der Waals surface area contributed by atoms with E-state index >= 15 is 0 Å². The zero-order chi connectivity index (χ0) is 27.8. The first kappa shape index (κ1) is 29.7. The third-order valence-corrected chi connectivity index (χ3v) is 7.69. The van der Waals surface area contributed by atoms with Crippen molar-refractivity contribution in [3.63, 3.8) is 0 Å². The van der Waals surface area contributed by atoms with Gasteiger partial charge in [0.1, 0.15) is 5.75 Å². The van der Waals surface area contributed by atoms with Gasteiger partial charge in [-0.15, -0.1) is 0 Å². The van der Waals surface area contributed by atoms with Gasteiger partial charge in [0.05, 0.1) is 7.11 Å². The Kier molecular flexibility index (Phi) is 10.8. The minimum atomic E-state index is -0.106. The average molecular weight is 522 g/mol. The molecule has 3 rings (SSSR count). The van der Waals surface area contributed by atoms with E-state index in [0.717, 1.165) is 53.1 Å². The van der Waals surface area contributed by atoms with E-state index in [9.17, 15) is 9.59 Å². The van der Waals surface area contributed by atoms with Gasteiger partial charge < -0.3 is 15.0 Å². The number of benzene rings is 2. The number of anilines is 1. The van der Waals surface area contributed by atoms with Crippen molar-refractivity contribution in [3.8, 4) is 5.75 Å². The Bertz CT molecular complexity index is 1110. The summed E-state index contributed by atoms with van der Waals surface area (Å²) >= 11 is 0. The number of ether oxygens (including phenoxy) is 1. The molecule has 1 aliphatic rings. The van der Waals surface area contributed by atoms with Crippen LogP contribution in [0.15, 0.2) is 30.3 Å². The third-order valence-electron chi connectivity index (χ3n) is 7.69. The van der Waals surface area contributed by atoms with Crippen molar-refractivity contribution < 1.29 is 14.3 Å². The molecule has 2 aromatic carbocycles. The lowest BCUT2D eigenvalue weighted by Crippen LogP contribution is -2.35. The average Bonchev–Trinajstić information content (AvgIpc) is 2.87. The standard InChI is InChI=1S/C32H47N3O3/c1-22(2)29-19-27(24(5)17-31(29)38-7)20-33-32(37)26-13-14-30-28(18-26)21-34(23(3)4)15-11-9-8-10-12-16-35(30)25(6)36/h13-14,17-19,22-23H,8-12,15-16,20-21H2,1-7H3,(H,33,37). The van der Waals surface area contributed by atoms with Gasteiger partial charge in [-0.2, -0.15) is 0 Å². The molecule has 208 valence electrons. The molecular formula is C32H47N3O3. The summed E-state index contributed by atoms with van der Waals surface area (Å²) in [6, 6.07) is 10.4. The van der Waals surface area contributed by atoms with Crippen LogP contribution in [-0.4, -0.2) is 43.0 Å². The van der Waals surface area contributed by atoms with Crippen molar-refractivity contribution in [1.82, 2.24) is 10.2 Å². The fourth-order valence-electron chi connectivity index (χ4n) is 5.26. The van der Waals surface area contributed by atoms with E-state index in [1.165, 1.54) is 19.3 Å². The van der Waals surface area contributed by atoms with Crippen molar-refractivity contribution in [2.75, 3.05) is 25.1 Å². The first-order valence-corrected chi connectivity index (χ1v) is 14.2. The van der Waals surface area contributed by atoms with Crippen molar-refractivity contribution in [2.24, 2.45) is 0 Å². The van der Waals surface area contributed by atoms with Gasteiger partial charge >= 0.3 is 0 Å². The normalized spacial score (nSPS) is 15.6. The van der Waals surface area contributed by atoms with Crippen LogP contribution in [0, 0.1) is 6.92 Å².